The van der Waals surface area contributed by atoms with E-state index in [2.05, 4.69) is 48.7 Å². The molecule has 0 bridgehead atoms. The number of nitrogens with zero attached hydrogens (tertiary/aromatic N) is 2. The Balaban J connectivity index is 0.000000470. The number of halogens is 3. The molecule has 0 unspecified atom stereocenters. The van der Waals surface area contributed by atoms with Crippen LogP contribution in [0.1, 0.15) is 60.9 Å². The van der Waals surface area contributed by atoms with Crippen molar-refractivity contribution in [1.82, 2.24) is 9.47 Å². The third-order valence-electron chi connectivity index (χ3n) is 7.68. The molecule has 2 heterocycles. The molecule has 0 radical (unpaired) electrons. The summed E-state index contributed by atoms with van der Waals surface area (Å²) in [4.78, 5) is 22.9. The van der Waals surface area contributed by atoms with Crippen LogP contribution in [-0.4, -0.2) is 58.5 Å². The van der Waals surface area contributed by atoms with Crippen LogP contribution in [0.3, 0.4) is 0 Å². The highest BCUT2D eigenvalue weighted by molar-refractivity contribution is 5.98. The number of allylic oxidation sites excluding steroid dienone is 1. The second kappa shape index (κ2) is 11.7. The minimum Gasteiger partial charge on any atom is -0.488 e. The lowest BCUT2D eigenvalue weighted by atomic mass is 9.81. The normalized spacial score (nSPS) is 16.9. The number of hydrogen-bond donors (Lipinski definition) is 2. The number of carboxylic acids is 2. The lowest BCUT2D eigenvalue weighted by Gasteiger charge is -2.27. The first kappa shape index (κ1) is 29.0. The molecule has 2 aromatic carbocycles. The monoisotopic (exact) mass is 558 g/mol. The van der Waals surface area contributed by atoms with Gasteiger partial charge in [0.05, 0.1) is 11.3 Å². The van der Waals surface area contributed by atoms with Gasteiger partial charge in [0, 0.05) is 48.4 Å². The van der Waals surface area contributed by atoms with Crippen LogP contribution in [0.15, 0.2) is 53.7 Å². The third kappa shape index (κ3) is 5.95. The molecule has 0 atom stereocenters. The van der Waals surface area contributed by atoms with Crippen LogP contribution >= 0.6 is 0 Å². The second-order valence-electron chi connectivity index (χ2n) is 10.4. The van der Waals surface area contributed by atoms with Gasteiger partial charge in [-0.25, -0.2) is 9.59 Å². The Hall–Kier alpha value is -3.95. The summed E-state index contributed by atoms with van der Waals surface area (Å²) in [6.45, 7) is 3.32. The first-order valence-electron chi connectivity index (χ1n) is 13.2. The molecule has 1 aromatic heterocycles. The molecule has 2 N–H and O–H groups in total. The molecule has 1 saturated carbocycles. The number of carbonyl (C=O) groups is 2. The highest BCUT2D eigenvalue weighted by atomic mass is 19.4. The Morgan fingerprint density at radius 2 is 1.68 bits per heavy atom. The van der Waals surface area contributed by atoms with Gasteiger partial charge in [-0.1, -0.05) is 37.5 Å². The predicted molar refractivity (Wildman–Crippen MR) is 146 cm³/mol. The summed E-state index contributed by atoms with van der Waals surface area (Å²) in [5, 5.41) is 18.0. The fraction of sp³-hybridized carbons (Fsp3) is 0.400. The zero-order valence-electron chi connectivity index (χ0n) is 22.7. The summed E-state index contributed by atoms with van der Waals surface area (Å²) in [5.74, 6) is -2.28. The minimum atomic E-state index is -5.08. The molecule has 2 aliphatic rings. The topological polar surface area (TPSA) is 92.0 Å². The Morgan fingerprint density at radius 1 is 1.02 bits per heavy atom. The number of alkyl halides is 3. The summed E-state index contributed by atoms with van der Waals surface area (Å²) in [7, 11) is 4.11. The number of para-hydroxylation sites is 1. The zero-order valence-corrected chi connectivity index (χ0v) is 22.7. The van der Waals surface area contributed by atoms with Gasteiger partial charge in [-0.05, 0) is 55.5 Å². The predicted octanol–water partition coefficient (Wildman–Crippen LogP) is 6.92. The van der Waals surface area contributed by atoms with Gasteiger partial charge in [0.1, 0.15) is 12.4 Å². The SMILES string of the molecule is C/C(=C1/COc2ccccc2-c2c(C3CCCCC3)c3ccc(C(=O)O)cc3n2C1)N(C)C.O=C(O)C(F)(F)F. The number of benzene rings is 2. The molecule has 5 rings (SSSR count). The number of hydrogen-bond acceptors (Lipinski definition) is 4. The van der Waals surface area contributed by atoms with Crippen molar-refractivity contribution < 1.29 is 37.7 Å². The summed E-state index contributed by atoms with van der Waals surface area (Å²) in [6, 6.07) is 14.0. The highest BCUT2D eigenvalue weighted by Gasteiger charge is 2.38. The quantitative estimate of drug-likeness (QED) is 0.363. The molecule has 1 aliphatic carbocycles. The third-order valence-corrected chi connectivity index (χ3v) is 7.68. The Kier molecular flexibility index (Phi) is 8.46. The van der Waals surface area contributed by atoms with Crippen LogP contribution in [0.2, 0.25) is 0 Å². The van der Waals surface area contributed by atoms with Crippen LogP contribution in [-0.2, 0) is 11.3 Å². The highest BCUT2D eigenvalue weighted by Crippen LogP contribution is 2.47. The van der Waals surface area contributed by atoms with Crippen LogP contribution in [0.25, 0.3) is 22.2 Å². The number of ether oxygens (including phenoxy) is 1. The lowest BCUT2D eigenvalue weighted by Crippen LogP contribution is -2.21. The van der Waals surface area contributed by atoms with Crippen molar-refractivity contribution >= 4 is 22.8 Å². The van der Waals surface area contributed by atoms with Crippen molar-refractivity contribution in [3.8, 4) is 17.0 Å². The molecule has 7 nitrogen and oxygen atoms in total. The second-order valence-corrected chi connectivity index (χ2v) is 10.4. The molecule has 0 saturated heterocycles. The van der Waals surface area contributed by atoms with Gasteiger partial charge in [0.15, 0.2) is 0 Å². The van der Waals surface area contributed by atoms with Crippen molar-refractivity contribution in [2.75, 3.05) is 20.7 Å². The van der Waals surface area contributed by atoms with E-state index in [4.69, 9.17) is 14.6 Å². The Bertz CT molecular complexity index is 1450. The Labute approximate surface area is 230 Å². The smallest absolute Gasteiger partial charge is 0.488 e. The minimum absolute atomic E-state index is 0.333. The molecule has 1 aliphatic heterocycles. The van der Waals surface area contributed by atoms with Crippen molar-refractivity contribution in [3.63, 3.8) is 0 Å². The fourth-order valence-corrected chi connectivity index (χ4v) is 5.49. The van der Waals surface area contributed by atoms with E-state index in [1.807, 2.05) is 18.2 Å². The van der Waals surface area contributed by atoms with Crippen LogP contribution in [0.4, 0.5) is 13.2 Å². The van der Waals surface area contributed by atoms with Gasteiger partial charge in [-0.2, -0.15) is 13.2 Å². The van der Waals surface area contributed by atoms with E-state index in [-0.39, 0.29) is 0 Å². The van der Waals surface area contributed by atoms with Crippen molar-refractivity contribution in [1.29, 1.82) is 0 Å². The molecule has 0 amide bonds. The van der Waals surface area contributed by atoms with Crippen LogP contribution in [0.5, 0.6) is 5.75 Å². The maximum Gasteiger partial charge on any atom is 0.490 e. The van der Waals surface area contributed by atoms with E-state index in [1.54, 1.807) is 6.07 Å². The molecule has 3 aromatic rings. The van der Waals surface area contributed by atoms with Crippen LogP contribution < -0.4 is 4.74 Å². The van der Waals surface area contributed by atoms with Gasteiger partial charge in [0.25, 0.3) is 0 Å². The van der Waals surface area contributed by atoms with Crippen LogP contribution in [0, 0.1) is 0 Å². The number of fused-ring (bicyclic) bond motifs is 5. The molecule has 40 heavy (non-hydrogen) atoms. The standard InChI is InChI=1S/C28H32N2O3.C2HF3O2/c1-18(29(2)3)21-16-30-24-15-20(28(31)32)13-14-22(24)26(19-9-5-4-6-10-19)27(30)23-11-7-8-12-25(23)33-17-21;3-2(4,5)1(6)7/h7-8,11-15,19H,4-6,9-10,16-17H2,1-3H3,(H,31,32);(H,6,7)/b21-18-;. The zero-order chi connectivity index (χ0) is 29.2. The van der Waals surface area contributed by atoms with Gasteiger partial charge in [-0.15, -0.1) is 0 Å². The number of carboxylic acid groups (broad SMARTS) is 2. The number of aliphatic carboxylic acids is 1. The molecular weight excluding hydrogens is 525 g/mol. The van der Waals surface area contributed by atoms with E-state index in [0.717, 1.165) is 16.8 Å². The Morgan fingerprint density at radius 3 is 2.27 bits per heavy atom. The largest absolute Gasteiger partial charge is 0.490 e. The van der Waals surface area contributed by atoms with Crippen molar-refractivity contribution in [2.45, 2.75) is 57.7 Å². The number of rotatable bonds is 3. The van der Waals surface area contributed by atoms with Gasteiger partial charge < -0.3 is 24.4 Å². The van der Waals surface area contributed by atoms with E-state index in [9.17, 15) is 23.1 Å². The van der Waals surface area contributed by atoms with E-state index < -0.39 is 18.1 Å². The summed E-state index contributed by atoms with van der Waals surface area (Å²) in [5.41, 5.74) is 7.37. The lowest BCUT2D eigenvalue weighted by molar-refractivity contribution is -0.192. The molecule has 0 spiro atoms. The van der Waals surface area contributed by atoms with Gasteiger partial charge in [0.2, 0.25) is 0 Å². The average molecular weight is 559 g/mol. The number of aromatic carboxylic acids is 1. The van der Waals surface area contributed by atoms with Crippen molar-refractivity contribution in [3.05, 3.63) is 64.9 Å². The molecule has 10 heteroatoms. The average Bonchev–Trinajstić information content (AvgIpc) is 3.22. The number of aromatic nitrogens is 1. The molecular formula is C30H33F3N2O5. The van der Waals surface area contributed by atoms with Crippen molar-refractivity contribution in [2.24, 2.45) is 0 Å². The molecule has 1 fully saturated rings. The maximum atomic E-state index is 11.9. The fourth-order valence-electron chi connectivity index (χ4n) is 5.49. The van der Waals surface area contributed by atoms with Gasteiger partial charge >= 0.3 is 18.1 Å². The van der Waals surface area contributed by atoms with E-state index >= 15 is 0 Å². The summed E-state index contributed by atoms with van der Waals surface area (Å²) < 4.78 is 40.5. The van der Waals surface area contributed by atoms with Gasteiger partial charge in [-0.3, -0.25) is 0 Å². The molecule has 214 valence electrons. The maximum absolute atomic E-state index is 11.9. The first-order valence-corrected chi connectivity index (χ1v) is 13.2. The first-order chi connectivity index (χ1) is 18.9. The summed E-state index contributed by atoms with van der Waals surface area (Å²) in [6.07, 6.45) is 1.05. The van der Waals surface area contributed by atoms with E-state index in [0.29, 0.717) is 24.6 Å². The van der Waals surface area contributed by atoms with E-state index in [1.165, 1.54) is 60.0 Å². The summed E-state index contributed by atoms with van der Waals surface area (Å²) >= 11 is 0.